The minimum absolute atomic E-state index is 0.134. The number of methoxy groups -OCH3 is 1. The van der Waals surface area contributed by atoms with E-state index in [0.29, 0.717) is 18.1 Å². The summed E-state index contributed by atoms with van der Waals surface area (Å²) in [6.07, 6.45) is 1.52. The van der Waals surface area contributed by atoms with Gasteiger partial charge in [0.1, 0.15) is 11.5 Å². The van der Waals surface area contributed by atoms with E-state index in [1.54, 1.807) is 25.1 Å². The lowest BCUT2D eigenvalue weighted by atomic mass is 10.3. The van der Waals surface area contributed by atoms with Crippen molar-refractivity contribution in [3.8, 4) is 5.75 Å². The zero-order chi connectivity index (χ0) is 15.5. The number of anilines is 1. The minimum Gasteiger partial charge on any atom is -0.495 e. The molecule has 1 aromatic carbocycles. The summed E-state index contributed by atoms with van der Waals surface area (Å²) in [6.45, 7) is 2.28. The third kappa shape index (κ3) is 3.20. The predicted molar refractivity (Wildman–Crippen MR) is 79.4 cm³/mol. The maximum atomic E-state index is 12.6. The summed E-state index contributed by atoms with van der Waals surface area (Å²) in [5.74, 6) is 1.03. The van der Waals surface area contributed by atoms with Crippen LogP contribution in [-0.2, 0) is 16.6 Å². The van der Waals surface area contributed by atoms with Crippen LogP contribution in [0.2, 0.25) is 0 Å². The van der Waals surface area contributed by atoms with Gasteiger partial charge in [-0.3, -0.25) is 0 Å². The number of hydrogen-bond acceptors (Lipinski definition) is 5. The molecule has 0 radical (unpaired) electrons. The Kier molecular flexibility index (Phi) is 4.54. The molecule has 0 amide bonds. The first-order chi connectivity index (χ1) is 9.98. The Morgan fingerprint density at radius 2 is 2.10 bits per heavy atom. The van der Waals surface area contributed by atoms with E-state index < -0.39 is 10.0 Å². The van der Waals surface area contributed by atoms with Crippen LogP contribution in [0.4, 0.5) is 5.69 Å². The molecular formula is C14H18N2O4S. The predicted octanol–water partition coefficient (Wildman–Crippen LogP) is 2.08. The number of benzene rings is 1. The summed E-state index contributed by atoms with van der Waals surface area (Å²) in [7, 11) is -2.16. The van der Waals surface area contributed by atoms with Gasteiger partial charge in [0.25, 0.3) is 0 Å². The lowest BCUT2D eigenvalue weighted by molar-refractivity contribution is 0.375. The number of rotatable bonds is 6. The molecule has 21 heavy (non-hydrogen) atoms. The minimum atomic E-state index is -3.64. The molecule has 1 heterocycles. The van der Waals surface area contributed by atoms with Crippen molar-refractivity contribution in [3.05, 3.63) is 42.4 Å². The van der Waals surface area contributed by atoms with E-state index in [9.17, 15) is 8.42 Å². The van der Waals surface area contributed by atoms with E-state index in [4.69, 9.17) is 14.9 Å². The SMILES string of the molecule is CCN(Cc1ccco1)S(=O)(=O)c1ccc(OC)c(N)c1. The van der Waals surface area contributed by atoms with Crippen LogP contribution in [0, 0.1) is 0 Å². The van der Waals surface area contributed by atoms with Crippen molar-refractivity contribution in [2.75, 3.05) is 19.4 Å². The molecule has 0 fully saturated rings. The van der Waals surface area contributed by atoms with E-state index in [2.05, 4.69) is 0 Å². The third-order valence-corrected chi connectivity index (χ3v) is 5.02. The van der Waals surface area contributed by atoms with Crippen molar-refractivity contribution in [3.63, 3.8) is 0 Å². The molecule has 1 aromatic heterocycles. The lowest BCUT2D eigenvalue weighted by Gasteiger charge is -2.20. The number of ether oxygens (including phenoxy) is 1. The molecule has 0 saturated heterocycles. The van der Waals surface area contributed by atoms with Crippen LogP contribution in [-0.4, -0.2) is 26.4 Å². The molecule has 0 saturated carbocycles. The average molecular weight is 310 g/mol. The Morgan fingerprint density at radius 3 is 2.62 bits per heavy atom. The fourth-order valence-corrected chi connectivity index (χ4v) is 3.42. The van der Waals surface area contributed by atoms with Gasteiger partial charge < -0.3 is 14.9 Å². The first kappa shape index (κ1) is 15.4. The van der Waals surface area contributed by atoms with Crippen LogP contribution in [0.1, 0.15) is 12.7 Å². The molecule has 2 rings (SSSR count). The largest absolute Gasteiger partial charge is 0.495 e. The highest BCUT2D eigenvalue weighted by atomic mass is 32.2. The van der Waals surface area contributed by atoms with Crippen LogP contribution in [0.25, 0.3) is 0 Å². The van der Waals surface area contributed by atoms with Crippen molar-refractivity contribution < 1.29 is 17.6 Å². The fourth-order valence-electron chi connectivity index (χ4n) is 1.97. The van der Waals surface area contributed by atoms with Crippen LogP contribution >= 0.6 is 0 Å². The summed E-state index contributed by atoms with van der Waals surface area (Å²) in [6, 6.07) is 7.89. The smallest absolute Gasteiger partial charge is 0.243 e. The van der Waals surface area contributed by atoms with Gasteiger partial charge in [-0.05, 0) is 30.3 Å². The van der Waals surface area contributed by atoms with Crippen molar-refractivity contribution in [2.24, 2.45) is 0 Å². The highest BCUT2D eigenvalue weighted by Gasteiger charge is 2.24. The molecule has 7 heteroatoms. The molecule has 0 unspecified atom stereocenters. The summed E-state index contributed by atoms with van der Waals surface area (Å²) in [4.78, 5) is 0.134. The van der Waals surface area contributed by atoms with Crippen LogP contribution in [0.15, 0.2) is 45.9 Å². The fraction of sp³-hybridized carbons (Fsp3) is 0.286. The molecule has 0 aliphatic heterocycles. The Balaban J connectivity index is 2.32. The number of nitrogen functional groups attached to an aromatic ring is 1. The van der Waals surface area contributed by atoms with Gasteiger partial charge in [0.2, 0.25) is 10.0 Å². The summed E-state index contributed by atoms with van der Waals surface area (Å²) in [5.41, 5.74) is 6.06. The molecule has 2 aromatic rings. The van der Waals surface area contributed by atoms with Gasteiger partial charge in [-0.25, -0.2) is 8.42 Å². The number of nitrogens with zero attached hydrogens (tertiary/aromatic N) is 1. The van der Waals surface area contributed by atoms with Crippen molar-refractivity contribution in [1.29, 1.82) is 0 Å². The summed E-state index contributed by atoms with van der Waals surface area (Å²) < 4.78 is 36.8. The van der Waals surface area contributed by atoms with Crippen molar-refractivity contribution >= 4 is 15.7 Å². The molecule has 0 atom stereocenters. The van der Waals surface area contributed by atoms with Crippen LogP contribution in [0.5, 0.6) is 5.75 Å². The van der Waals surface area contributed by atoms with Gasteiger partial charge in [-0.1, -0.05) is 6.92 Å². The summed E-state index contributed by atoms with van der Waals surface area (Å²) >= 11 is 0. The first-order valence-electron chi connectivity index (χ1n) is 6.45. The molecule has 114 valence electrons. The molecule has 0 bridgehead atoms. The second kappa shape index (κ2) is 6.19. The van der Waals surface area contributed by atoms with E-state index >= 15 is 0 Å². The Bertz CT molecular complexity index is 696. The second-order valence-corrected chi connectivity index (χ2v) is 6.35. The van der Waals surface area contributed by atoms with Gasteiger partial charge in [-0.15, -0.1) is 0 Å². The number of nitrogens with two attached hydrogens (primary N) is 1. The number of furan rings is 1. The quantitative estimate of drug-likeness (QED) is 0.826. The van der Waals surface area contributed by atoms with Crippen LogP contribution in [0.3, 0.4) is 0 Å². The third-order valence-electron chi connectivity index (χ3n) is 3.10. The van der Waals surface area contributed by atoms with E-state index in [1.165, 1.54) is 29.8 Å². The molecule has 0 aliphatic carbocycles. The van der Waals surface area contributed by atoms with Gasteiger partial charge in [0.15, 0.2) is 0 Å². The number of sulfonamides is 1. The van der Waals surface area contributed by atoms with E-state index in [0.717, 1.165) is 0 Å². The average Bonchev–Trinajstić information content (AvgIpc) is 2.97. The zero-order valence-electron chi connectivity index (χ0n) is 11.9. The molecule has 0 aliphatic rings. The maximum absolute atomic E-state index is 12.6. The molecular weight excluding hydrogens is 292 g/mol. The Morgan fingerprint density at radius 1 is 1.33 bits per heavy atom. The molecule has 6 nitrogen and oxygen atoms in total. The van der Waals surface area contributed by atoms with Gasteiger partial charge in [-0.2, -0.15) is 4.31 Å². The Hall–Kier alpha value is -1.99. The highest BCUT2D eigenvalue weighted by molar-refractivity contribution is 7.89. The van der Waals surface area contributed by atoms with E-state index in [1.807, 2.05) is 0 Å². The standard InChI is InChI=1S/C14H18N2O4S/c1-3-16(10-11-5-4-8-20-11)21(17,18)12-6-7-14(19-2)13(15)9-12/h4-9H,3,10,15H2,1-2H3. The number of hydrogen-bond donors (Lipinski definition) is 1. The van der Waals surface area contributed by atoms with Gasteiger partial charge >= 0.3 is 0 Å². The zero-order valence-corrected chi connectivity index (χ0v) is 12.8. The molecule has 2 N–H and O–H groups in total. The normalized spacial score (nSPS) is 11.8. The van der Waals surface area contributed by atoms with Gasteiger partial charge in [0.05, 0.1) is 30.5 Å². The van der Waals surface area contributed by atoms with Gasteiger partial charge in [0, 0.05) is 6.54 Å². The lowest BCUT2D eigenvalue weighted by Crippen LogP contribution is -2.30. The molecule has 0 spiro atoms. The second-order valence-electron chi connectivity index (χ2n) is 4.41. The Labute approximate surface area is 124 Å². The van der Waals surface area contributed by atoms with Crippen molar-refractivity contribution in [1.82, 2.24) is 4.31 Å². The highest BCUT2D eigenvalue weighted by Crippen LogP contribution is 2.26. The van der Waals surface area contributed by atoms with Crippen molar-refractivity contribution in [2.45, 2.75) is 18.4 Å². The topological polar surface area (TPSA) is 85.8 Å². The monoisotopic (exact) mass is 310 g/mol. The van der Waals surface area contributed by atoms with E-state index in [-0.39, 0.29) is 17.1 Å². The maximum Gasteiger partial charge on any atom is 0.243 e. The van der Waals surface area contributed by atoms with Crippen LogP contribution < -0.4 is 10.5 Å². The summed E-state index contributed by atoms with van der Waals surface area (Å²) in [5, 5.41) is 0. The first-order valence-corrected chi connectivity index (χ1v) is 7.89.